The average Bonchev–Trinajstić information content (AvgIpc) is 2.31. The van der Waals surface area contributed by atoms with Crippen molar-refractivity contribution in [1.82, 2.24) is 4.90 Å². The summed E-state index contributed by atoms with van der Waals surface area (Å²) >= 11 is 6.01. The van der Waals surface area contributed by atoms with Gasteiger partial charge >= 0.3 is 0 Å². The van der Waals surface area contributed by atoms with Gasteiger partial charge in [-0.25, -0.2) is 0 Å². The van der Waals surface area contributed by atoms with Crippen molar-refractivity contribution < 1.29 is 4.74 Å². The molecule has 1 aromatic carbocycles. The molecule has 0 atom stereocenters. The monoisotopic (exact) mass is 237 g/mol. The van der Waals surface area contributed by atoms with Crippen LogP contribution in [0.3, 0.4) is 0 Å². The number of morpholine rings is 1. The normalized spacial score (nSPS) is 17.4. The lowest BCUT2D eigenvalue weighted by molar-refractivity contribution is 0.0341. The molecule has 1 heterocycles. The second kappa shape index (κ2) is 5.58. The van der Waals surface area contributed by atoms with Crippen LogP contribution < -0.4 is 0 Å². The van der Waals surface area contributed by atoms with Crippen LogP contribution in [0.4, 0.5) is 0 Å². The summed E-state index contributed by atoms with van der Waals surface area (Å²) in [4.78, 5) is 2.38. The first-order chi connectivity index (χ1) is 7.79. The maximum Gasteiger partial charge on any atom is 0.101 e. The predicted molar refractivity (Wildman–Crippen MR) is 66.3 cm³/mol. The zero-order valence-corrected chi connectivity index (χ0v) is 10.0. The number of rotatable bonds is 3. The van der Waals surface area contributed by atoms with E-state index in [9.17, 15) is 0 Å². The molecule has 0 saturated carbocycles. The first-order valence-electron chi connectivity index (χ1n) is 5.50. The van der Waals surface area contributed by atoms with Crippen molar-refractivity contribution in [2.75, 3.05) is 26.3 Å². The highest BCUT2D eigenvalue weighted by atomic mass is 35.5. The van der Waals surface area contributed by atoms with Gasteiger partial charge in [0.05, 0.1) is 30.3 Å². The fourth-order valence-corrected chi connectivity index (χ4v) is 2.11. The Balaban J connectivity index is 2.09. The molecule has 1 aliphatic heterocycles. The molecule has 16 heavy (non-hydrogen) atoms. The molecule has 0 N–H and O–H groups in total. The van der Waals surface area contributed by atoms with Crippen molar-refractivity contribution in [1.29, 1.82) is 0 Å². The molecular weight excluding hydrogens is 222 g/mol. The van der Waals surface area contributed by atoms with Crippen LogP contribution in [0.1, 0.15) is 11.1 Å². The lowest BCUT2D eigenvalue weighted by atomic mass is 10.0. The van der Waals surface area contributed by atoms with Gasteiger partial charge in [0, 0.05) is 31.3 Å². The standard InChI is InChI=1S/C13H16ClNO/c1-2-11-3-4-13(14)9-12(11)10-15-5-7-16-8-6-15/h2-4,9H,1,5-8,10H2. The molecule has 0 bridgehead atoms. The lowest BCUT2D eigenvalue weighted by Crippen LogP contribution is -2.35. The smallest absolute Gasteiger partial charge is 0.101 e. The van der Waals surface area contributed by atoms with Gasteiger partial charge in [-0.1, -0.05) is 11.6 Å². The van der Waals surface area contributed by atoms with Gasteiger partial charge in [0.25, 0.3) is 0 Å². The first-order valence-corrected chi connectivity index (χ1v) is 5.88. The van der Waals surface area contributed by atoms with Crippen LogP contribution in [0.5, 0.6) is 0 Å². The second-order valence-corrected chi connectivity index (χ2v) is 4.37. The fraction of sp³-hybridized carbons (Fsp3) is 0.385. The van der Waals surface area contributed by atoms with Crippen molar-refractivity contribution in [3.63, 3.8) is 0 Å². The molecule has 0 spiro atoms. The van der Waals surface area contributed by atoms with Crippen LogP contribution in [0.2, 0.25) is 5.02 Å². The van der Waals surface area contributed by atoms with Gasteiger partial charge in [-0.05, 0) is 0 Å². The minimum atomic E-state index is 0.786. The maximum atomic E-state index is 6.01. The van der Waals surface area contributed by atoms with E-state index >= 15 is 0 Å². The number of benzene rings is 1. The van der Waals surface area contributed by atoms with Crippen LogP contribution >= 0.6 is 11.6 Å². The topological polar surface area (TPSA) is 12.5 Å². The third-order valence-corrected chi connectivity index (χ3v) is 3.06. The summed E-state index contributed by atoms with van der Waals surface area (Å²) in [5, 5.41) is 0.786. The Hall–Kier alpha value is -0.700. The molecule has 1 saturated heterocycles. The Morgan fingerprint density at radius 1 is 1.38 bits per heavy atom. The third kappa shape index (κ3) is 2.91. The van der Waals surface area contributed by atoms with E-state index in [1.165, 1.54) is 5.56 Å². The molecule has 0 radical (unpaired) electrons. The lowest BCUT2D eigenvalue weighted by Gasteiger charge is -2.25. The summed E-state index contributed by atoms with van der Waals surface area (Å²) in [6.45, 7) is 8.38. The fourth-order valence-electron chi connectivity index (χ4n) is 1.91. The Morgan fingerprint density at radius 3 is 2.81 bits per heavy atom. The molecule has 1 aliphatic rings. The molecule has 2 nitrogen and oxygen atoms in total. The van der Waals surface area contributed by atoms with E-state index in [0.29, 0.717) is 0 Å². The molecular formula is C13H16ClNO. The van der Waals surface area contributed by atoms with Crippen molar-refractivity contribution in [2.24, 2.45) is 0 Å². The van der Waals surface area contributed by atoms with Gasteiger partial charge in [0.2, 0.25) is 0 Å². The van der Waals surface area contributed by atoms with E-state index in [4.69, 9.17) is 16.3 Å². The summed E-state index contributed by atoms with van der Waals surface area (Å²) in [5.74, 6) is 0. The van der Waals surface area contributed by atoms with Gasteiger partial charge < -0.3 is 4.74 Å². The Bertz CT molecular complexity index is 348. The first kappa shape index (κ1) is 11.8. The maximum absolute atomic E-state index is 6.01. The molecule has 1 fully saturated rings. The van der Waals surface area contributed by atoms with E-state index < -0.39 is 0 Å². The Kier molecular flexibility index (Phi) is 4.10. The van der Waals surface area contributed by atoms with E-state index in [0.717, 1.165) is 43.4 Å². The molecule has 1 aromatic rings. The van der Waals surface area contributed by atoms with Crippen LogP contribution in [0.25, 0.3) is 0 Å². The predicted octanol–water partition coefficient (Wildman–Crippen LogP) is 2.56. The van der Waals surface area contributed by atoms with Crippen LogP contribution in [-0.4, -0.2) is 31.2 Å². The molecule has 2 rings (SSSR count). The summed E-state index contributed by atoms with van der Waals surface area (Å²) in [6, 6.07) is 5.94. The Morgan fingerprint density at radius 2 is 2.12 bits per heavy atom. The highest BCUT2D eigenvalue weighted by molar-refractivity contribution is 6.30. The molecule has 0 aliphatic carbocycles. The molecule has 0 unspecified atom stereocenters. The van der Waals surface area contributed by atoms with Gasteiger partial charge in [0.1, 0.15) is 5.56 Å². The van der Waals surface area contributed by atoms with Gasteiger partial charge in [-0.3, -0.25) is 11.8 Å². The highest BCUT2D eigenvalue weighted by Crippen LogP contribution is 2.19. The summed E-state index contributed by atoms with van der Waals surface area (Å²) < 4.78 is 5.33. The second-order valence-electron chi connectivity index (χ2n) is 3.94. The summed E-state index contributed by atoms with van der Waals surface area (Å²) in [7, 11) is 0. The largest absolute Gasteiger partial charge is 0.379 e. The summed E-state index contributed by atoms with van der Waals surface area (Å²) in [5.41, 5.74) is 2.40. The van der Waals surface area contributed by atoms with Gasteiger partial charge in [-0.2, -0.15) is 0 Å². The number of ether oxygens (including phenoxy) is 1. The van der Waals surface area contributed by atoms with Crippen molar-refractivity contribution >= 4 is 11.6 Å². The molecule has 0 amide bonds. The number of nitrogens with zero attached hydrogens (tertiary/aromatic N) is 1. The van der Waals surface area contributed by atoms with Crippen molar-refractivity contribution in [3.8, 4) is 0 Å². The molecule has 0 aromatic heterocycles. The Labute approximate surface area is 102 Å². The summed E-state index contributed by atoms with van der Waals surface area (Å²) in [6.07, 6.45) is 1.88. The van der Waals surface area contributed by atoms with E-state index in [1.807, 2.05) is 24.6 Å². The minimum Gasteiger partial charge on any atom is -0.379 e. The average molecular weight is 238 g/mol. The van der Waals surface area contributed by atoms with Gasteiger partial charge in [0.15, 0.2) is 0 Å². The molecule has 3 heteroatoms. The minimum absolute atomic E-state index is 0.786. The zero-order chi connectivity index (χ0) is 11.4. The number of hydrogen-bond donors (Lipinski definition) is 0. The third-order valence-electron chi connectivity index (χ3n) is 2.82. The number of halogens is 1. The van der Waals surface area contributed by atoms with E-state index in [-0.39, 0.29) is 0 Å². The van der Waals surface area contributed by atoms with Crippen LogP contribution in [-0.2, 0) is 11.3 Å². The van der Waals surface area contributed by atoms with E-state index in [1.54, 1.807) is 0 Å². The quantitative estimate of drug-likeness (QED) is 0.750. The highest BCUT2D eigenvalue weighted by Gasteiger charge is 2.16. The van der Waals surface area contributed by atoms with Crippen molar-refractivity contribution in [3.05, 3.63) is 47.7 Å². The van der Waals surface area contributed by atoms with E-state index in [2.05, 4.69) is 11.8 Å². The zero-order valence-electron chi connectivity index (χ0n) is 9.29. The van der Waals surface area contributed by atoms with Gasteiger partial charge in [-0.15, -0.1) is 6.42 Å². The van der Waals surface area contributed by atoms with Crippen molar-refractivity contribution in [2.45, 2.75) is 6.54 Å². The van der Waals surface area contributed by atoms with Crippen LogP contribution in [0, 0.1) is 13.3 Å². The SMILES string of the molecule is [CH2-][CH+]c1ccc(Cl)cc1CN1CCOCC1. The van der Waals surface area contributed by atoms with Crippen LogP contribution in [0.15, 0.2) is 18.2 Å². The number of hydrogen-bond acceptors (Lipinski definition) is 2. The molecule has 86 valence electrons.